The fraction of sp³-hybridized carbons (Fsp3) is 0.0833. The number of H-pyrrole nitrogens is 1. The summed E-state index contributed by atoms with van der Waals surface area (Å²) in [5.74, 6) is 0.850. The maximum absolute atomic E-state index is 10.8. The van der Waals surface area contributed by atoms with Crippen LogP contribution in [0.2, 0.25) is 0 Å². The molecule has 0 aliphatic carbocycles. The lowest BCUT2D eigenvalue weighted by Crippen LogP contribution is -2.06. The van der Waals surface area contributed by atoms with Crippen molar-refractivity contribution < 1.29 is 9.84 Å². The van der Waals surface area contributed by atoms with Crippen LogP contribution in [0.25, 0.3) is 0 Å². The van der Waals surface area contributed by atoms with Crippen LogP contribution in [0.15, 0.2) is 40.2 Å². The number of phenolic OH excluding ortho intramolecular Hbond substituents is 1. The highest BCUT2D eigenvalue weighted by Gasteiger charge is 2.00. The first-order valence-electron chi connectivity index (χ1n) is 5.41. The summed E-state index contributed by atoms with van der Waals surface area (Å²) in [4.78, 5) is 10.8. The molecule has 19 heavy (non-hydrogen) atoms. The van der Waals surface area contributed by atoms with Crippen LogP contribution in [0.3, 0.4) is 0 Å². The fourth-order valence-electron chi connectivity index (χ4n) is 1.35. The standard InChI is InChI=1S/C12H12N4O3/c1-19-10-6-8(2-3-9(10)17)7-13-14-11-4-5-12(18)16-15-11/h2-7,17H,1H3,(H,14,15)(H,16,18). The molecular formula is C12H12N4O3. The highest BCUT2D eigenvalue weighted by Crippen LogP contribution is 2.25. The number of hydrogen-bond donors (Lipinski definition) is 3. The van der Waals surface area contributed by atoms with Gasteiger partial charge in [0, 0.05) is 6.07 Å². The van der Waals surface area contributed by atoms with Gasteiger partial charge in [-0.15, -0.1) is 0 Å². The van der Waals surface area contributed by atoms with E-state index in [1.54, 1.807) is 12.1 Å². The molecule has 0 saturated heterocycles. The second kappa shape index (κ2) is 5.67. The van der Waals surface area contributed by atoms with Crippen LogP contribution < -0.4 is 15.7 Å². The molecule has 0 aliphatic heterocycles. The minimum atomic E-state index is -0.280. The summed E-state index contributed by atoms with van der Waals surface area (Å²) >= 11 is 0. The van der Waals surface area contributed by atoms with Gasteiger partial charge in [0.05, 0.1) is 13.3 Å². The van der Waals surface area contributed by atoms with Gasteiger partial charge in [-0.2, -0.15) is 10.2 Å². The number of hydrogen-bond acceptors (Lipinski definition) is 6. The third-order valence-electron chi connectivity index (χ3n) is 2.28. The Labute approximate surface area is 108 Å². The van der Waals surface area contributed by atoms with Gasteiger partial charge in [0.15, 0.2) is 17.3 Å². The average molecular weight is 260 g/mol. The Kier molecular flexibility index (Phi) is 3.77. The number of rotatable bonds is 4. The van der Waals surface area contributed by atoms with Gasteiger partial charge in [-0.05, 0) is 29.8 Å². The summed E-state index contributed by atoms with van der Waals surface area (Å²) in [5, 5.41) is 19.4. The van der Waals surface area contributed by atoms with E-state index in [0.717, 1.165) is 5.56 Å². The molecule has 0 atom stereocenters. The average Bonchev–Trinajstić information content (AvgIpc) is 2.43. The molecule has 2 rings (SSSR count). The van der Waals surface area contributed by atoms with Gasteiger partial charge < -0.3 is 9.84 Å². The Morgan fingerprint density at radius 2 is 2.26 bits per heavy atom. The zero-order valence-corrected chi connectivity index (χ0v) is 10.1. The van der Waals surface area contributed by atoms with Crippen LogP contribution >= 0.6 is 0 Å². The lowest BCUT2D eigenvalue weighted by atomic mass is 10.2. The number of nitrogens with one attached hydrogen (secondary N) is 2. The molecule has 1 heterocycles. The first-order valence-corrected chi connectivity index (χ1v) is 5.41. The number of nitrogens with zero attached hydrogens (tertiary/aromatic N) is 2. The normalized spacial score (nSPS) is 10.6. The van der Waals surface area contributed by atoms with E-state index >= 15 is 0 Å². The molecule has 98 valence electrons. The van der Waals surface area contributed by atoms with Crippen molar-refractivity contribution in [3.05, 3.63) is 46.2 Å². The van der Waals surface area contributed by atoms with E-state index in [1.807, 2.05) is 0 Å². The van der Waals surface area contributed by atoms with Gasteiger partial charge in [-0.25, -0.2) is 5.10 Å². The van der Waals surface area contributed by atoms with Crippen LogP contribution in [0.5, 0.6) is 11.5 Å². The molecule has 0 radical (unpaired) electrons. The van der Waals surface area contributed by atoms with Gasteiger partial charge in [0.2, 0.25) is 0 Å². The maximum Gasteiger partial charge on any atom is 0.264 e. The van der Waals surface area contributed by atoms with Crippen LogP contribution in [-0.4, -0.2) is 28.6 Å². The molecule has 0 bridgehead atoms. The quantitative estimate of drug-likeness (QED) is 0.561. The van der Waals surface area contributed by atoms with E-state index < -0.39 is 0 Å². The lowest BCUT2D eigenvalue weighted by molar-refractivity contribution is 0.373. The maximum atomic E-state index is 10.8. The molecule has 7 heteroatoms. The number of benzene rings is 1. The molecule has 0 unspecified atom stereocenters. The van der Waals surface area contributed by atoms with Crippen molar-refractivity contribution in [3.8, 4) is 11.5 Å². The second-order valence-corrected chi connectivity index (χ2v) is 3.61. The minimum absolute atomic E-state index is 0.0647. The molecular weight excluding hydrogens is 248 g/mol. The third-order valence-corrected chi connectivity index (χ3v) is 2.28. The predicted octanol–water partition coefficient (Wildman–Crippen LogP) is 0.930. The molecule has 0 spiro atoms. The Hall–Kier alpha value is -2.83. The number of anilines is 1. The van der Waals surface area contributed by atoms with E-state index in [-0.39, 0.29) is 11.3 Å². The van der Waals surface area contributed by atoms with Gasteiger partial charge in [0.1, 0.15) is 0 Å². The van der Waals surface area contributed by atoms with Gasteiger partial charge >= 0.3 is 0 Å². The van der Waals surface area contributed by atoms with Crippen molar-refractivity contribution in [2.75, 3.05) is 12.5 Å². The first-order chi connectivity index (χ1) is 9.19. The highest BCUT2D eigenvalue weighted by molar-refractivity contribution is 5.81. The zero-order valence-electron chi connectivity index (χ0n) is 10.1. The van der Waals surface area contributed by atoms with Crippen molar-refractivity contribution in [2.45, 2.75) is 0 Å². The Morgan fingerprint density at radius 1 is 1.42 bits per heavy atom. The monoisotopic (exact) mass is 260 g/mol. The molecule has 1 aromatic carbocycles. The predicted molar refractivity (Wildman–Crippen MR) is 70.7 cm³/mol. The highest BCUT2D eigenvalue weighted by atomic mass is 16.5. The second-order valence-electron chi connectivity index (χ2n) is 3.61. The number of aromatic hydroxyl groups is 1. The number of phenols is 1. The van der Waals surface area contributed by atoms with Crippen molar-refractivity contribution in [3.63, 3.8) is 0 Å². The first kappa shape index (κ1) is 12.6. The summed E-state index contributed by atoms with van der Waals surface area (Å²) in [6, 6.07) is 7.69. The topological polar surface area (TPSA) is 99.6 Å². The van der Waals surface area contributed by atoms with Crippen molar-refractivity contribution >= 4 is 12.0 Å². The van der Waals surface area contributed by atoms with E-state index in [0.29, 0.717) is 11.6 Å². The third kappa shape index (κ3) is 3.32. The minimum Gasteiger partial charge on any atom is -0.504 e. The zero-order chi connectivity index (χ0) is 13.7. The lowest BCUT2D eigenvalue weighted by Gasteiger charge is -2.03. The van der Waals surface area contributed by atoms with E-state index in [1.165, 1.54) is 31.5 Å². The smallest absolute Gasteiger partial charge is 0.264 e. The van der Waals surface area contributed by atoms with Crippen LogP contribution in [0.4, 0.5) is 5.82 Å². The van der Waals surface area contributed by atoms with E-state index in [4.69, 9.17) is 4.74 Å². The summed E-state index contributed by atoms with van der Waals surface area (Å²) in [6.45, 7) is 0. The molecule has 0 fully saturated rings. The van der Waals surface area contributed by atoms with E-state index in [2.05, 4.69) is 20.7 Å². The Morgan fingerprint density at radius 3 is 2.95 bits per heavy atom. The van der Waals surface area contributed by atoms with Gasteiger partial charge in [-0.3, -0.25) is 10.2 Å². The summed E-state index contributed by atoms with van der Waals surface area (Å²) in [6.07, 6.45) is 1.54. The molecule has 2 aromatic rings. The Balaban J connectivity index is 2.06. The molecule has 7 nitrogen and oxygen atoms in total. The Bertz CT molecular complexity index is 631. The molecule has 0 saturated carbocycles. The van der Waals surface area contributed by atoms with Gasteiger partial charge in [0.25, 0.3) is 5.56 Å². The van der Waals surface area contributed by atoms with Crippen molar-refractivity contribution in [1.82, 2.24) is 10.2 Å². The molecule has 3 N–H and O–H groups in total. The van der Waals surface area contributed by atoms with Crippen molar-refractivity contribution in [2.24, 2.45) is 5.10 Å². The number of hydrazone groups is 1. The van der Waals surface area contributed by atoms with Crippen LogP contribution in [-0.2, 0) is 0 Å². The SMILES string of the molecule is COc1cc(C=NNc2ccc(=O)[nH]n2)ccc1O. The largest absolute Gasteiger partial charge is 0.504 e. The molecule has 1 aromatic heterocycles. The van der Waals surface area contributed by atoms with Gasteiger partial charge in [-0.1, -0.05) is 0 Å². The van der Waals surface area contributed by atoms with E-state index in [9.17, 15) is 9.90 Å². The number of aromatic nitrogens is 2. The summed E-state index contributed by atoms with van der Waals surface area (Å²) < 4.78 is 4.98. The van der Waals surface area contributed by atoms with Crippen molar-refractivity contribution in [1.29, 1.82) is 0 Å². The number of ether oxygens (including phenoxy) is 1. The number of aromatic amines is 1. The fourth-order valence-corrected chi connectivity index (χ4v) is 1.35. The van der Waals surface area contributed by atoms with Crippen LogP contribution in [0.1, 0.15) is 5.56 Å². The molecule has 0 amide bonds. The van der Waals surface area contributed by atoms with Crippen LogP contribution in [0, 0.1) is 0 Å². The summed E-state index contributed by atoms with van der Waals surface area (Å²) in [5.41, 5.74) is 3.12. The molecule has 0 aliphatic rings. The number of methoxy groups -OCH3 is 1. The summed E-state index contributed by atoms with van der Waals surface area (Å²) in [7, 11) is 1.47.